The molecule has 8 heteroatoms. The van der Waals surface area contributed by atoms with Gasteiger partial charge < -0.3 is 0 Å². The second kappa shape index (κ2) is 6.25. The van der Waals surface area contributed by atoms with E-state index in [0.717, 1.165) is 16.6 Å². The highest BCUT2D eigenvalue weighted by molar-refractivity contribution is 7.89. The van der Waals surface area contributed by atoms with Crippen molar-refractivity contribution in [2.24, 2.45) is 5.14 Å². The zero-order chi connectivity index (χ0) is 18.4. The molecule has 25 heavy (non-hydrogen) atoms. The van der Waals surface area contributed by atoms with E-state index in [9.17, 15) is 13.2 Å². The van der Waals surface area contributed by atoms with Crippen molar-refractivity contribution < 1.29 is 13.2 Å². The lowest BCUT2D eigenvalue weighted by atomic mass is 10.00. The number of nitrogens with two attached hydrogens (primary N) is 1. The van der Waals surface area contributed by atoms with E-state index in [4.69, 9.17) is 16.7 Å². The van der Waals surface area contributed by atoms with E-state index in [0.29, 0.717) is 5.56 Å². The summed E-state index contributed by atoms with van der Waals surface area (Å²) in [5.74, 6) is -0.0759. The lowest BCUT2D eigenvalue weighted by Gasteiger charge is -2.06. The fourth-order valence-electron chi connectivity index (χ4n) is 2.65. The lowest BCUT2D eigenvalue weighted by Crippen LogP contribution is -2.14. The molecule has 130 valence electrons. The first kappa shape index (κ1) is 17.6. The number of carbonyl (C=O) groups is 1. The average molecular weight is 378 g/mol. The average Bonchev–Trinajstić information content (AvgIpc) is 2.96. The molecule has 2 aromatic carbocycles. The largest absolute Gasteiger partial charge is 0.289 e. The van der Waals surface area contributed by atoms with Gasteiger partial charge in [-0.05, 0) is 30.2 Å². The molecule has 0 aliphatic rings. The fourth-order valence-corrected chi connectivity index (χ4v) is 3.72. The molecule has 0 fully saturated rings. The molecule has 0 saturated heterocycles. The van der Waals surface area contributed by atoms with Gasteiger partial charge in [-0.25, -0.2) is 13.6 Å². The van der Waals surface area contributed by atoms with Crippen molar-refractivity contribution in [2.75, 3.05) is 0 Å². The summed E-state index contributed by atoms with van der Waals surface area (Å²) in [4.78, 5) is 12.4. The fraction of sp³-hybridized carbons (Fsp3) is 0.176. The molecule has 0 saturated carbocycles. The summed E-state index contributed by atoms with van der Waals surface area (Å²) in [7, 11) is -4.01. The normalized spacial score (nSPS) is 12.0. The van der Waals surface area contributed by atoms with Crippen LogP contribution in [0.4, 0.5) is 0 Å². The van der Waals surface area contributed by atoms with Crippen LogP contribution in [0.1, 0.15) is 41.4 Å². The predicted molar refractivity (Wildman–Crippen MR) is 96.4 cm³/mol. The predicted octanol–water partition coefficient (Wildman–Crippen LogP) is 3.22. The van der Waals surface area contributed by atoms with E-state index < -0.39 is 10.0 Å². The van der Waals surface area contributed by atoms with Crippen LogP contribution in [0.5, 0.6) is 0 Å². The number of halogens is 1. The summed E-state index contributed by atoms with van der Waals surface area (Å²) < 4.78 is 23.2. The number of fused-ring (bicyclic) bond motifs is 1. The first-order valence-electron chi connectivity index (χ1n) is 7.53. The second-order valence-corrected chi connectivity index (χ2v) is 7.98. The molecule has 0 aliphatic carbocycles. The highest BCUT2D eigenvalue weighted by Crippen LogP contribution is 2.26. The van der Waals surface area contributed by atoms with Crippen molar-refractivity contribution in [2.45, 2.75) is 24.7 Å². The smallest absolute Gasteiger partial charge is 0.239 e. The molecule has 1 aromatic heterocycles. The van der Waals surface area contributed by atoms with E-state index in [-0.39, 0.29) is 27.2 Å². The Bertz CT molecular complexity index is 1090. The van der Waals surface area contributed by atoms with Gasteiger partial charge in [0.25, 0.3) is 0 Å². The maximum absolute atomic E-state index is 12.7. The van der Waals surface area contributed by atoms with Crippen LogP contribution in [0.3, 0.4) is 0 Å². The molecule has 0 amide bonds. The van der Waals surface area contributed by atoms with Crippen molar-refractivity contribution in [1.29, 1.82) is 0 Å². The van der Waals surface area contributed by atoms with Crippen molar-refractivity contribution in [3.63, 3.8) is 0 Å². The first-order chi connectivity index (χ1) is 11.7. The lowest BCUT2D eigenvalue weighted by molar-refractivity contribution is 0.103. The zero-order valence-electron chi connectivity index (χ0n) is 13.6. The Balaban J connectivity index is 2.06. The number of ketones is 1. The van der Waals surface area contributed by atoms with Crippen LogP contribution in [-0.2, 0) is 10.0 Å². The van der Waals surface area contributed by atoms with Crippen molar-refractivity contribution in [3.05, 3.63) is 58.2 Å². The number of hydrogen-bond donors (Lipinski definition) is 2. The highest BCUT2D eigenvalue weighted by Gasteiger charge is 2.18. The van der Waals surface area contributed by atoms with Crippen molar-refractivity contribution >= 4 is 38.3 Å². The van der Waals surface area contributed by atoms with Crippen LogP contribution >= 0.6 is 11.6 Å². The molecule has 0 spiro atoms. The number of H-pyrrole nitrogens is 1. The van der Waals surface area contributed by atoms with E-state index in [1.807, 2.05) is 19.9 Å². The minimum absolute atomic E-state index is 0.0235. The molecule has 1 heterocycles. The molecule has 0 atom stereocenters. The van der Waals surface area contributed by atoms with E-state index in [1.165, 1.54) is 18.2 Å². The van der Waals surface area contributed by atoms with Gasteiger partial charge in [0.2, 0.25) is 10.0 Å². The Hall–Kier alpha value is -2.22. The summed E-state index contributed by atoms with van der Waals surface area (Å²) in [6.45, 7) is 4.08. The summed E-state index contributed by atoms with van der Waals surface area (Å²) in [5.41, 5.74) is 2.28. The zero-order valence-corrected chi connectivity index (χ0v) is 15.1. The monoisotopic (exact) mass is 377 g/mol. The third kappa shape index (κ3) is 3.30. The highest BCUT2D eigenvalue weighted by atomic mass is 35.5. The summed E-state index contributed by atoms with van der Waals surface area (Å²) in [5, 5.41) is 13.3. The molecule has 3 aromatic rings. The topological polar surface area (TPSA) is 106 Å². The van der Waals surface area contributed by atoms with Crippen LogP contribution in [-0.4, -0.2) is 24.4 Å². The van der Waals surface area contributed by atoms with Gasteiger partial charge in [0.05, 0.1) is 16.2 Å². The molecule has 6 nitrogen and oxygen atoms in total. The number of primary sulfonamides is 1. The molecular weight excluding hydrogens is 362 g/mol. The van der Waals surface area contributed by atoms with E-state index >= 15 is 0 Å². The van der Waals surface area contributed by atoms with Crippen LogP contribution in [0.25, 0.3) is 10.9 Å². The van der Waals surface area contributed by atoms with Crippen LogP contribution < -0.4 is 5.14 Å². The number of nitrogens with one attached hydrogen (secondary N) is 1. The van der Waals surface area contributed by atoms with Crippen LogP contribution in [0.2, 0.25) is 5.02 Å². The van der Waals surface area contributed by atoms with E-state index in [2.05, 4.69) is 10.2 Å². The summed E-state index contributed by atoms with van der Waals surface area (Å²) in [6, 6.07) is 9.23. The minimum atomic E-state index is -4.01. The number of sulfonamides is 1. The van der Waals surface area contributed by atoms with Gasteiger partial charge >= 0.3 is 0 Å². The van der Waals surface area contributed by atoms with Crippen molar-refractivity contribution in [3.8, 4) is 0 Å². The second-order valence-electron chi connectivity index (χ2n) is 6.04. The Kier molecular flexibility index (Phi) is 4.40. The van der Waals surface area contributed by atoms with Gasteiger partial charge in [0.1, 0.15) is 4.90 Å². The molecule has 0 bridgehead atoms. The Morgan fingerprint density at radius 3 is 2.44 bits per heavy atom. The Morgan fingerprint density at radius 2 is 1.80 bits per heavy atom. The Morgan fingerprint density at radius 1 is 1.16 bits per heavy atom. The maximum atomic E-state index is 12.7. The summed E-state index contributed by atoms with van der Waals surface area (Å²) >= 11 is 5.86. The third-order valence-corrected chi connectivity index (χ3v) is 5.29. The van der Waals surface area contributed by atoms with Crippen molar-refractivity contribution in [1.82, 2.24) is 10.2 Å². The molecule has 0 unspecified atom stereocenters. The van der Waals surface area contributed by atoms with Gasteiger partial charge in [0.15, 0.2) is 5.78 Å². The van der Waals surface area contributed by atoms with Gasteiger partial charge in [0, 0.05) is 16.5 Å². The van der Waals surface area contributed by atoms with Crippen LogP contribution in [0, 0.1) is 0 Å². The van der Waals surface area contributed by atoms with Crippen LogP contribution in [0.15, 0.2) is 41.3 Å². The maximum Gasteiger partial charge on any atom is 0.239 e. The van der Waals surface area contributed by atoms with Gasteiger partial charge in [-0.15, -0.1) is 0 Å². The molecule has 0 aliphatic heterocycles. The number of benzene rings is 2. The minimum Gasteiger partial charge on any atom is -0.289 e. The number of aromatic amines is 1. The number of nitrogens with zero attached hydrogens (tertiary/aromatic N) is 1. The SMILES string of the molecule is CC(C)c1n[nH]c2cc(C(=O)c3ccc(Cl)c(S(N)(=O)=O)c3)ccc12. The van der Waals surface area contributed by atoms with Gasteiger partial charge in [-0.1, -0.05) is 37.6 Å². The summed E-state index contributed by atoms with van der Waals surface area (Å²) in [6.07, 6.45) is 0. The first-order valence-corrected chi connectivity index (χ1v) is 9.46. The standard InChI is InChI=1S/C17H16ClN3O3S/c1-9(2)16-12-5-3-10(7-14(12)20-21-16)17(22)11-4-6-13(18)15(8-11)25(19,23)24/h3-9H,1-2H3,(H,20,21)(H2,19,23,24). The number of rotatable bonds is 4. The van der Waals surface area contributed by atoms with Gasteiger partial charge in [-0.2, -0.15) is 5.10 Å². The number of aromatic nitrogens is 2. The van der Waals surface area contributed by atoms with E-state index in [1.54, 1.807) is 12.1 Å². The molecule has 0 radical (unpaired) electrons. The third-order valence-electron chi connectivity index (χ3n) is 3.90. The number of hydrogen-bond acceptors (Lipinski definition) is 4. The molecule has 3 rings (SSSR count). The Labute approximate surface area is 150 Å². The number of carbonyl (C=O) groups excluding carboxylic acids is 1. The molecule has 3 N–H and O–H groups in total. The molecular formula is C17H16ClN3O3S. The van der Waals surface area contributed by atoms with Gasteiger partial charge in [-0.3, -0.25) is 9.89 Å². The quantitative estimate of drug-likeness (QED) is 0.681.